The van der Waals surface area contributed by atoms with E-state index in [1.54, 1.807) is 0 Å². The van der Waals surface area contributed by atoms with Crippen molar-refractivity contribution >= 4 is 45.8 Å². The van der Waals surface area contributed by atoms with Crippen molar-refractivity contribution < 1.29 is 4.79 Å². The number of nitrogens with one attached hydrogen (secondary N) is 1. The maximum absolute atomic E-state index is 11.8. The number of likely N-dealkylation sites (tertiary alicyclic amines) is 1. The molecule has 0 atom stereocenters. The maximum atomic E-state index is 11.8. The molecule has 108 valence electrons. The third-order valence-corrected chi connectivity index (χ3v) is 4.83. The number of carbonyl (C=O) groups excluding carboxylic acids is 1. The second-order valence-corrected chi connectivity index (χ2v) is 6.70. The van der Waals surface area contributed by atoms with Crippen molar-refractivity contribution in [1.82, 2.24) is 10.2 Å². The standard InChI is InChI=1S/C14H17ClN2OS2/c15-12-5-3-4-11(8-12)9-16-13(18)10-20-14(19)17-6-1-2-7-17/h3-5,8H,1-2,6-7,9-10H2,(H,16,18). The summed E-state index contributed by atoms with van der Waals surface area (Å²) in [5, 5.41) is 3.56. The van der Waals surface area contributed by atoms with Crippen LogP contribution >= 0.6 is 35.6 Å². The molecule has 0 bridgehead atoms. The minimum atomic E-state index is -0.00322. The number of hydrogen-bond donors (Lipinski definition) is 1. The van der Waals surface area contributed by atoms with Crippen LogP contribution in [0.4, 0.5) is 0 Å². The van der Waals surface area contributed by atoms with Gasteiger partial charge < -0.3 is 10.2 Å². The molecule has 1 heterocycles. The Kier molecular flexibility index (Phi) is 6.13. The lowest BCUT2D eigenvalue weighted by Gasteiger charge is -2.17. The average molecular weight is 329 g/mol. The van der Waals surface area contributed by atoms with Gasteiger partial charge in [0.2, 0.25) is 5.91 Å². The summed E-state index contributed by atoms with van der Waals surface area (Å²) in [6.45, 7) is 2.54. The Bertz CT molecular complexity index is 490. The highest BCUT2D eigenvalue weighted by molar-refractivity contribution is 8.23. The molecule has 0 aromatic heterocycles. The Morgan fingerprint density at radius 3 is 2.85 bits per heavy atom. The molecule has 6 heteroatoms. The lowest BCUT2D eigenvalue weighted by Crippen LogP contribution is -2.28. The van der Waals surface area contributed by atoms with Crippen LogP contribution in [-0.2, 0) is 11.3 Å². The number of nitrogens with zero attached hydrogens (tertiary/aromatic N) is 1. The van der Waals surface area contributed by atoms with Crippen molar-refractivity contribution in [2.24, 2.45) is 0 Å². The third kappa shape index (κ3) is 4.96. The maximum Gasteiger partial charge on any atom is 0.230 e. The molecule has 0 spiro atoms. The van der Waals surface area contributed by atoms with E-state index in [9.17, 15) is 4.79 Å². The normalized spacial score (nSPS) is 14.3. The van der Waals surface area contributed by atoms with E-state index in [1.807, 2.05) is 24.3 Å². The minimum absolute atomic E-state index is 0.00322. The van der Waals surface area contributed by atoms with Gasteiger partial charge in [-0.3, -0.25) is 4.79 Å². The van der Waals surface area contributed by atoms with E-state index < -0.39 is 0 Å². The molecule has 1 aliphatic rings. The molecule has 3 nitrogen and oxygen atoms in total. The number of thiocarbonyl (C=S) groups is 1. The van der Waals surface area contributed by atoms with Gasteiger partial charge in [0, 0.05) is 24.7 Å². The van der Waals surface area contributed by atoms with E-state index >= 15 is 0 Å². The van der Waals surface area contributed by atoms with Gasteiger partial charge in [-0.25, -0.2) is 0 Å². The molecule has 1 aromatic carbocycles. The second-order valence-electron chi connectivity index (χ2n) is 4.66. The summed E-state index contributed by atoms with van der Waals surface area (Å²) < 4.78 is 0.834. The monoisotopic (exact) mass is 328 g/mol. The molecule has 1 saturated heterocycles. The van der Waals surface area contributed by atoms with Gasteiger partial charge in [0.05, 0.1) is 5.75 Å². The Hall–Kier alpha value is -0.780. The zero-order chi connectivity index (χ0) is 14.4. The number of thioether (sulfide) groups is 1. The van der Waals surface area contributed by atoms with Crippen molar-refractivity contribution in [3.8, 4) is 0 Å². The first-order valence-corrected chi connectivity index (χ1v) is 8.35. The summed E-state index contributed by atoms with van der Waals surface area (Å²) in [6, 6.07) is 7.48. The lowest BCUT2D eigenvalue weighted by atomic mass is 10.2. The van der Waals surface area contributed by atoms with Crippen molar-refractivity contribution in [2.75, 3.05) is 18.8 Å². The fourth-order valence-corrected chi connectivity index (χ4v) is 3.31. The lowest BCUT2D eigenvalue weighted by molar-refractivity contribution is -0.118. The summed E-state index contributed by atoms with van der Waals surface area (Å²) in [5.41, 5.74) is 0.998. The highest BCUT2D eigenvalue weighted by Gasteiger charge is 2.15. The van der Waals surface area contributed by atoms with E-state index in [0.717, 1.165) is 23.0 Å². The van der Waals surface area contributed by atoms with Crippen LogP contribution in [0.2, 0.25) is 5.02 Å². The molecule has 2 rings (SSSR count). The molecule has 0 unspecified atom stereocenters. The zero-order valence-corrected chi connectivity index (χ0v) is 13.5. The van der Waals surface area contributed by atoms with E-state index in [-0.39, 0.29) is 5.91 Å². The topological polar surface area (TPSA) is 32.3 Å². The molecular formula is C14H17ClN2OS2. The van der Waals surface area contributed by atoms with Crippen LogP contribution in [0.25, 0.3) is 0 Å². The summed E-state index contributed by atoms with van der Waals surface area (Å²) in [7, 11) is 0. The summed E-state index contributed by atoms with van der Waals surface area (Å²) in [6.07, 6.45) is 2.39. The van der Waals surface area contributed by atoms with Gasteiger partial charge in [-0.2, -0.15) is 0 Å². The number of halogens is 1. The molecule has 1 fully saturated rings. The minimum Gasteiger partial charge on any atom is -0.358 e. The first kappa shape index (κ1) is 15.6. The molecule has 1 amide bonds. The van der Waals surface area contributed by atoms with E-state index in [4.69, 9.17) is 23.8 Å². The van der Waals surface area contributed by atoms with Gasteiger partial charge in [-0.1, -0.05) is 47.7 Å². The van der Waals surface area contributed by atoms with Crippen LogP contribution < -0.4 is 5.32 Å². The van der Waals surface area contributed by atoms with Crippen molar-refractivity contribution in [3.63, 3.8) is 0 Å². The predicted molar refractivity (Wildman–Crippen MR) is 89.2 cm³/mol. The van der Waals surface area contributed by atoms with E-state index in [2.05, 4.69) is 10.2 Å². The second kappa shape index (κ2) is 7.86. The largest absolute Gasteiger partial charge is 0.358 e. The third-order valence-electron chi connectivity index (χ3n) is 3.07. The first-order chi connectivity index (χ1) is 9.65. The Labute approximate surface area is 134 Å². The molecule has 1 N–H and O–H groups in total. The van der Waals surface area contributed by atoms with Crippen molar-refractivity contribution in [2.45, 2.75) is 19.4 Å². The molecular weight excluding hydrogens is 312 g/mol. The number of hydrogen-bond acceptors (Lipinski definition) is 3. The van der Waals surface area contributed by atoms with Crippen LogP contribution in [0.5, 0.6) is 0 Å². The predicted octanol–water partition coefficient (Wildman–Crippen LogP) is 3.07. The van der Waals surface area contributed by atoms with Crippen LogP contribution in [0.1, 0.15) is 18.4 Å². The summed E-state index contributed by atoms with van der Waals surface area (Å²) in [4.78, 5) is 13.9. The van der Waals surface area contributed by atoms with Gasteiger partial charge >= 0.3 is 0 Å². The van der Waals surface area contributed by atoms with Gasteiger partial charge in [0.1, 0.15) is 4.32 Å². The number of amides is 1. The molecule has 20 heavy (non-hydrogen) atoms. The Morgan fingerprint density at radius 1 is 1.40 bits per heavy atom. The first-order valence-electron chi connectivity index (χ1n) is 6.58. The number of rotatable bonds is 4. The van der Waals surface area contributed by atoms with Crippen LogP contribution in [-0.4, -0.2) is 34.0 Å². The fraction of sp³-hybridized carbons (Fsp3) is 0.429. The highest BCUT2D eigenvalue weighted by atomic mass is 35.5. The summed E-state index contributed by atoms with van der Waals surface area (Å²) in [5.74, 6) is 0.368. The van der Waals surface area contributed by atoms with Crippen LogP contribution in [0.3, 0.4) is 0 Å². The van der Waals surface area contributed by atoms with Crippen molar-refractivity contribution in [1.29, 1.82) is 0 Å². The Balaban J connectivity index is 1.69. The molecule has 0 aliphatic carbocycles. The van der Waals surface area contributed by atoms with E-state index in [1.165, 1.54) is 24.6 Å². The summed E-state index contributed by atoms with van der Waals surface area (Å²) >= 11 is 12.7. The molecule has 0 saturated carbocycles. The smallest absolute Gasteiger partial charge is 0.230 e. The quantitative estimate of drug-likeness (QED) is 0.861. The highest BCUT2D eigenvalue weighted by Crippen LogP contribution is 2.16. The SMILES string of the molecule is O=C(CSC(=S)N1CCCC1)NCc1cccc(Cl)c1. The van der Waals surface area contributed by atoms with Crippen LogP contribution in [0.15, 0.2) is 24.3 Å². The fourth-order valence-electron chi connectivity index (χ4n) is 2.02. The molecule has 1 aromatic rings. The zero-order valence-electron chi connectivity index (χ0n) is 11.1. The van der Waals surface area contributed by atoms with Crippen molar-refractivity contribution in [3.05, 3.63) is 34.9 Å². The van der Waals surface area contributed by atoms with Gasteiger partial charge in [0.25, 0.3) is 0 Å². The van der Waals surface area contributed by atoms with Gasteiger partial charge in [-0.15, -0.1) is 0 Å². The van der Waals surface area contributed by atoms with E-state index in [0.29, 0.717) is 17.3 Å². The van der Waals surface area contributed by atoms with Gasteiger partial charge in [0.15, 0.2) is 0 Å². The molecule has 0 radical (unpaired) electrons. The Morgan fingerprint density at radius 2 is 2.15 bits per heavy atom. The number of carbonyl (C=O) groups is 1. The van der Waals surface area contributed by atoms with Crippen LogP contribution in [0, 0.1) is 0 Å². The van der Waals surface area contributed by atoms with Gasteiger partial charge in [-0.05, 0) is 30.5 Å². The number of benzene rings is 1. The average Bonchev–Trinajstić information content (AvgIpc) is 2.97. The molecule has 1 aliphatic heterocycles.